The van der Waals surface area contributed by atoms with Crippen molar-refractivity contribution in [2.45, 2.75) is 36.5 Å². The summed E-state index contributed by atoms with van der Waals surface area (Å²) < 4.78 is 17.3. The maximum Gasteiger partial charge on any atom is 0.295 e. The molecule has 41 heavy (non-hydrogen) atoms. The molecule has 0 saturated carbocycles. The summed E-state index contributed by atoms with van der Waals surface area (Å²) in [5.74, 6) is 0. The maximum absolute atomic E-state index is 9.96. The van der Waals surface area contributed by atoms with Crippen molar-refractivity contribution in [3.05, 3.63) is 71.2 Å². The van der Waals surface area contributed by atoms with Crippen molar-refractivity contribution in [1.82, 2.24) is 15.3 Å². The van der Waals surface area contributed by atoms with Crippen LogP contribution in [0.5, 0.6) is 6.01 Å². The quantitative estimate of drug-likeness (QED) is 0.166. The average molecular weight is 582 g/mol. The van der Waals surface area contributed by atoms with Crippen molar-refractivity contribution in [2.24, 2.45) is 0 Å². The number of hydrogen-bond acceptors (Lipinski definition) is 9. The Labute approximate surface area is 241 Å². The topological polar surface area (TPSA) is 149 Å². The highest BCUT2D eigenvalue weighted by molar-refractivity contribution is 6.34. The molecule has 6 N–H and O–H groups in total. The second kappa shape index (κ2) is 11.7. The number of imidazole rings is 1. The van der Waals surface area contributed by atoms with Gasteiger partial charge in [0, 0.05) is 12.1 Å². The van der Waals surface area contributed by atoms with E-state index in [1.807, 2.05) is 60.7 Å². The van der Waals surface area contributed by atoms with Crippen LogP contribution in [0.15, 0.2) is 60.7 Å². The lowest BCUT2D eigenvalue weighted by molar-refractivity contribution is 0.00706. The van der Waals surface area contributed by atoms with E-state index >= 15 is 0 Å². The predicted octanol–water partition coefficient (Wildman–Crippen LogP) is 2.26. The van der Waals surface area contributed by atoms with Crippen molar-refractivity contribution in [3.63, 3.8) is 0 Å². The fourth-order valence-electron chi connectivity index (χ4n) is 5.24. The van der Waals surface area contributed by atoms with Crippen molar-refractivity contribution >= 4 is 22.6 Å². The van der Waals surface area contributed by atoms with Gasteiger partial charge in [-0.15, -0.1) is 0 Å². The summed E-state index contributed by atoms with van der Waals surface area (Å²) in [6.45, 7) is -0.149. The van der Waals surface area contributed by atoms with E-state index in [1.54, 1.807) is 0 Å². The van der Waals surface area contributed by atoms with E-state index in [0.29, 0.717) is 29.7 Å². The molecule has 2 fully saturated rings. The zero-order valence-electron chi connectivity index (χ0n) is 22.2. The largest absolute Gasteiger partial charge is 0.456 e. The molecule has 0 aliphatic carbocycles. The molecule has 1 unspecified atom stereocenters. The smallest absolute Gasteiger partial charge is 0.295 e. The highest BCUT2D eigenvalue weighted by atomic mass is 35.5. The third-order valence-electron chi connectivity index (χ3n) is 7.85. The lowest BCUT2D eigenvalue weighted by atomic mass is 9.99. The number of aliphatic hydroxyl groups is 4. The SMILES string of the molecule is OCC(CO)(CO)NCc1ccc(-c2ccc(-c3cc4nc(O[C@@H]5COC6[C@H](O)CO[C@@H]65)[nH]c4cc3Cl)cc2)cc1. The fourth-order valence-corrected chi connectivity index (χ4v) is 5.51. The minimum atomic E-state index is -1.12. The minimum Gasteiger partial charge on any atom is -0.456 e. The van der Waals surface area contributed by atoms with Gasteiger partial charge in [-0.25, -0.2) is 0 Å². The van der Waals surface area contributed by atoms with E-state index in [1.165, 1.54) is 0 Å². The summed E-state index contributed by atoms with van der Waals surface area (Å²) in [6.07, 6.45) is -1.70. The Morgan fingerprint density at radius 1 is 0.902 bits per heavy atom. The van der Waals surface area contributed by atoms with Crippen LogP contribution >= 0.6 is 11.6 Å². The molecule has 0 bridgehead atoms. The highest BCUT2D eigenvalue weighted by Gasteiger charge is 2.48. The second-order valence-electron chi connectivity index (χ2n) is 10.6. The fraction of sp³-hybridized carbons (Fsp3) is 0.367. The van der Waals surface area contributed by atoms with E-state index in [4.69, 9.17) is 25.8 Å². The molecule has 2 aliphatic rings. The lowest BCUT2D eigenvalue weighted by Gasteiger charge is -2.28. The Balaban J connectivity index is 1.14. The van der Waals surface area contributed by atoms with Gasteiger partial charge in [0.05, 0.1) is 54.6 Å². The van der Waals surface area contributed by atoms with Crippen LogP contribution in [0, 0.1) is 0 Å². The molecule has 11 heteroatoms. The number of hydrogen-bond donors (Lipinski definition) is 6. The van der Waals surface area contributed by atoms with Gasteiger partial charge >= 0.3 is 0 Å². The number of nitrogens with zero attached hydrogens (tertiary/aromatic N) is 1. The summed E-state index contributed by atoms with van der Waals surface area (Å²) >= 11 is 6.66. The predicted molar refractivity (Wildman–Crippen MR) is 153 cm³/mol. The molecule has 0 amide bonds. The van der Waals surface area contributed by atoms with Gasteiger partial charge in [-0.3, -0.25) is 0 Å². The summed E-state index contributed by atoms with van der Waals surface area (Å²) in [7, 11) is 0. The molecule has 4 atom stereocenters. The van der Waals surface area contributed by atoms with E-state index in [0.717, 1.165) is 33.3 Å². The number of rotatable bonds is 10. The van der Waals surface area contributed by atoms with Gasteiger partial charge in [0.15, 0.2) is 6.10 Å². The van der Waals surface area contributed by atoms with Gasteiger partial charge < -0.3 is 44.9 Å². The first kappa shape index (κ1) is 28.1. The molecule has 4 aromatic rings. The molecule has 1 aromatic heterocycles. The van der Waals surface area contributed by atoms with Crippen LogP contribution in [0.3, 0.4) is 0 Å². The Hall–Kier alpha value is -3.06. The van der Waals surface area contributed by atoms with Crippen molar-refractivity contribution < 1.29 is 34.6 Å². The lowest BCUT2D eigenvalue weighted by Crippen LogP contribution is -2.54. The molecule has 2 saturated heterocycles. The summed E-state index contributed by atoms with van der Waals surface area (Å²) in [6, 6.07) is 20.1. The highest BCUT2D eigenvalue weighted by Crippen LogP contribution is 2.35. The van der Waals surface area contributed by atoms with Crippen LogP contribution < -0.4 is 10.1 Å². The summed E-state index contributed by atoms with van der Waals surface area (Å²) in [5, 5.41) is 42.0. The van der Waals surface area contributed by atoms with Gasteiger partial charge in [0.2, 0.25) is 0 Å². The molecule has 3 heterocycles. The Bertz CT molecular complexity index is 1480. The summed E-state index contributed by atoms with van der Waals surface area (Å²) in [5.41, 5.74) is 5.16. The molecule has 3 aromatic carbocycles. The number of aromatic nitrogens is 2. The van der Waals surface area contributed by atoms with Crippen molar-refractivity contribution in [3.8, 4) is 28.3 Å². The monoisotopic (exact) mass is 581 g/mol. The number of benzene rings is 3. The number of ether oxygens (including phenoxy) is 3. The Morgan fingerprint density at radius 3 is 2.22 bits per heavy atom. The van der Waals surface area contributed by atoms with Gasteiger partial charge in [0.25, 0.3) is 6.01 Å². The van der Waals surface area contributed by atoms with E-state index in [-0.39, 0.29) is 44.7 Å². The zero-order valence-corrected chi connectivity index (χ0v) is 22.9. The first-order valence-corrected chi connectivity index (χ1v) is 13.8. The summed E-state index contributed by atoms with van der Waals surface area (Å²) in [4.78, 5) is 7.76. The molecule has 10 nitrogen and oxygen atoms in total. The number of aliphatic hydroxyl groups excluding tert-OH is 4. The van der Waals surface area contributed by atoms with Crippen LogP contribution in [0.4, 0.5) is 0 Å². The van der Waals surface area contributed by atoms with Crippen LogP contribution in [-0.2, 0) is 16.0 Å². The second-order valence-corrected chi connectivity index (χ2v) is 11.0. The van der Waals surface area contributed by atoms with Gasteiger partial charge in [0.1, 0.15) is 18.3 Å². The van der Waals surface area contributed by atoms with Crippen LogP contribution in [0.1, 0.15) is 5.56 Å². The van der Waals surface area contributed by atoms with Crippen LogP contribution in [0.25, 0.3) is 33.3 Å². The van der Waals surface area contributed by atoms with Crippen LogP contribution in [0.2, 0.25) is 5.02 Å². The number of nitrogens with one attached hydrogen (secondary N) is 2. The van der Waals surface area contributed by atoms with E-state index < -0.39 is 11.6 Å². The van der Waals surface area contributed by atoms with Crippen LogP contribution in [-0.4, -0.2) is 93.4 Å². The molecular weight excluding hydrogens is 550 g/mol. The van der Waals surface area contributed by atoms with Crippen molar-refractivity contribution in [1.29, 1.82) is 0 Å². The number of fused-ring (bicyclic) bond motifs is 2. The maximum atomic E-state index is 9.96. The molecule has 0 radical (unpaired) electrons. The Morgan fingerprint density at radius 2 is 1.54 bits per heavy atom. The first-order chi connectivity index (χ1) is 19.9. The standard InChI is InChI=1S/C30H32ClN3O7/c31-22-10-24-23(33-29(34-24)41-26-13-40-27-25(38)12-39-28(26)27)9-21(22)20-7-5-19(6-8-20)18-3-1-17(2-4-18)11-32-30(14-35,15-36)16-37/h1-10,25-28,32,35-38H,11-16H2,(H,33,34)/t25-,26-,27?,28-/m1/s1. The normalized spacial score (nSPS) is 22.4. The average Bonchev–Trinajstić information content (AvgIpc) is 3.70. The number of halogens is 1. The minimum absolute atomic E-state index is 0.235. The zero-order chi connectivity index (χ0) is 28.6. The third kappa shape index (κ3) is 5.57. The molecule has 6 rings (SSSR count). The van der Waals surface area contributed by atoms with Gasteiger partial charge in [-0.1, -0.05) is 60.1 Å². The van der Waals surface area contributed by atoms with E-state index in [9.17, 15) is 20.4 Å². The first-order valence-electron chi connectivity index (χ1n) is 13.5. The third-order valence-corrected chi connectivity index (χ3v) is 8.17. The number of H-pyrrole nitrogens is 1. The Kier molecular flexibility index (Phi) is 7.99. The van der Waals surface area contributed by atoms with Crippen molar-refractivity contribution in [2.75, 3.05) is 33.0 Å². The molecular formula is C30H32ClN3O7. The molecule has 0 spiro atoms. The van der Waals surface area contributed by atoms with E-state index in [2.05, 4.69) is 15.3 Å². The molecule has 216 valence electrons. The van der Waals surface area contributed by atoms with Gasteiger partial charge in [-0.2, -0.15) is 4.98 Å². The molecule has 2 aliphatic heterocycles. The van der Waals surface area contributed by atoms with Gasteiger partial charge in [-0.05, 0) is 34.4 Å². The number of aromatic amines is 1.